The summed E-state index contributed by atoms with van der Waals surface area (Å²) in [5.74, 6) is -1.41. The van der Waals surface area contributed by atoms with Crippen LogP contribution in [0.1, 0.15) is 25.3 Å². The van der Waals surface area contributed by atoms with E-state index in [1.807, 2.05) is 6.07 Å². The lowest BCUT2D eigenvalue weighted by Gasteiger charge is -2.29. The number of anilines is 1. The second-order valence-corrected chi connectivity index (χ2v) is 6.79. The number of carboxylic acid groups (broad SMARTS) is 1. The number of hydrazone groups is 1. The first kappa shape index (κ1) is 19.9. The highest BCUT2D eigenvalue weighted by molar-refractivity contribution is 5.99. The van der Waals surface area contributed by atoms with Crippen LogP contribution in [0.4, 0.5) is 17.1 Å². The molecule has 0 heterocycles. The molecule has 1 aliphatic rings. The molecule has 0 bridgehead atoms. The number of carbonyl (C=O) groups is 1. The normalized spacial score (nSPS) is 22.4. The zero-order chi connectivity index (χ0) is 21.2. The summed E-state index contributed by atoms with van der Waals surface area (Å²) in [5.41, 5.74) is 1.79. The number of rotatable bonds is 6. The second kappa shape index (κ2) is 7.66. The van der Waals surface area contributed by atoms with Crippen molar-refractivity contribution in [3.8, 4) is 0 Å². The van der Waals surface area contributed by atoms with Crippen LogP contribution in [0.5, 0.6) is 0 Å². The van der Waals surface area contributed by atoms with Gasteiger partial charge in [-0.2, -0.15) is 5.10 Å². The van der Waals surface area contributed by atoms with Gasteiger partial charge in [-0.05, 0) is 24.5 Å². The van der Waals surface area contributed by atoms with Gasteiger partial charge in [-0.25, -0.2) is 0 Å². The number of aliphatic carboxylic acids is 1. The summed E-state index contributed by atoms with van der Waals surface area (Å²) in [6.45, 7) is 1.76. The van der Waals surface area contributed by atoms with E-state index in [2.05, 4.69) is 10.5 Å². The third-order valence-corrected chi connectivity index (χ3v) is 5.39. The SMILES string of the molecule is CC1/C(=N/Nc2ccc([N+](=O)[O-])cc2[N+](=O)[O-])CCC1(C(=O)O)c1ccccc1. The molecule has 0 aliphatic heterocycles. The Balaban J connectivity index is 1.92. The molecule has 1 aliphatic carbocycles. The fourth-order valence-electron chi connectivity index (χ4n) is 3.75. The van der Waals surface area contributed by atoms with Gasteiger partial charge in [0.05, 0.1) is 15.9 Å². The summed E-state index contributed by atoms with van der Waals surface area (Å²) in [6.07, 6.45) is 0.743. The van der Waals surface area contributed by atoms with E-state index in [1.165, 1.54) is 6.07 Å². The van der Waals surface area contributed by atoms with Crippen molar-refractivity contribution >= 4 is 28.7 Å². The third-order valence-electron chi connectivity index (χ3n) is 5.39. The lowest BCUT2D eigenvalue weighted by molar-refractivity contribution is -0.393. The van der Waals surface area contributed by atoms with Crippen molar-refractivity contribution in [3.63, 3.8) is 0 Å². The smallest absolute Gasteiger partial charge is 0.314 e. The molecule has 1 fully saturated rings. The van der Waals surface area contributed by atoms with Crippen molar-refractivity contribution < 1.29 is 19.7 Å². The van der Waals surface area contributed by atoms with Crippen molar-refractivity contribution in [2.75, 3.05) is 5.43 Å². The topological polar surface area (TPSA) is 148 Å². The number of hydrogen-bond donors (Lipinski definition) is 2. The fourth-order valence-corrected chi connectivity index (χ4v) is 3.75. The maximum atomic E-state index is 12.2. The molecule has 10 nitrogen and oxygen atoms in total. The maximum absolute atomic E-state index is 12.2. The van der Waals surface area contributed by atoms with E-state index in [-0.39, 0.29) is 5.69 Å². The number of nitrogens with one attached hydrogen (secondary N) is 1. The summed E-state index contributed by atoms with van der Waals surface area (Å²) >= 11 is 0. The molecular weight excluding hydrogens is 380 g/mol. The number of non-ortho nitro benzene ring substituents is 1. The number of carboxylic acids is 1. The quantitative estimate of drug-likeness (QED) is 0.556. The highest BCUT2D eigenvalue weighted by atomic mass is 16.6. The molecule has 2 N–H and O–H groups in total. The molecule has 10 heteroatoms. The predicted molar refractivity (Wildman–Crippen MR) is 105 cm³/mol. The van der Waals surface area contributed by atoms with Crippen LogP contribution in [0.3, 0.4) is 0 Å². The van der Waals surface area contributed by atoms with Crippen LogP contribution >= 0.6 is 0 Å². The maximum Gasteiger partial charge on any atom is 0.314 e. The highest BCUT2D eigenvalue weighted by Gasteiger charge is 2.51. The molecule has 2 aromatic rings. The summed E-state index contributed by atoms with van der Waals surface area (Å²) in [7, 11) is 0. The van der Waals surface area contributed by atoms with Gasteiger partial charge in [0, 0.05) is 17.7 Å². The average Bonchev–Trinajstić information content (AvgIpc) is 3.04. The zero-order valence-electron chi connectivity index (χ0n) is 15.4. The van der Waals surface area contributed by atoms with Crippen LogP contribution in [0.2, 0.25) is 0 Å². The van der Waals surface area contributed by atoms with Crippen LogP contribution < -0.4 is 5.43 Å². The van der Waals surface area contributed by atoms with E-state index in [1.54, 1.807) is 31.2 Å². The molecule has 0 amide bonds. The van der Waals surface area contributed by atoms with Gasteiger partial charge < -0.3 is 5.11 Å². The standard InChI is InChI=1S/C19H18N4O6/c1-12-15(9-10-19(12,18(24)25)13-5-3-2-4-6-13)20-21-16-8-7-14(22(26)27)11-17(16)23(28)29/h2-8,11-12,21H,9-10H2,1H3,(H,24,25)/b20-15+. The van der Waals surface area contributed by atoms with Crippen LogP contribution in [0, 0.1) is 26.1 Å². The number of benzene rings is 2. The summed E-state index contributed by atoms with van der Waals surface area (Å²) < 4.78 is 0. The molecule has 2 atom stereocenters. The highest BCUT2D eigenvalue weighted by Crippen LogP contribution is 2.44. The van der Waals surface area contributed by atoms with Crippen LogP contribution in [0.15, 0.2) is 53.6 Å². The zero-order valence-corrected chi connectivity index (χ0v) is 15.4. The van der Waals surface area contributed by atoms with Crippen molar-refractivity contribution in [3.05, 3.63) is 74.3 Å². The first-order chi connectivity index (χ1) is 13.8. The molecule has 0 saturated heterocycles. The minimum Gasteiger partial charge on any atom is -0.481 e. The Morgan fingerprint density at radius 3 is 2.45 bits per heavy atom. The summed E-state index contributed by atoms with van der Waals surface area (Å²) in [6, 6.07) is 12.1. The molecule has 0 radical (unpaired) electrons. The Kier molecular flexibility index (Phi) is 5.26. The minimum atomic E-state index is -1.14. The lowest BCUT2D eigenvalue weighted by atomic mass is 9.73. The van der Waals surface area contributed by atoms with Gasteiger partial charge in [-0.15, -0.1) is 0 Å². The van der Waals surface area contributed by atoms with Gasteiger partial charge in [0.15, 0.2) is 0 Å². The van der Waals surface area contributed by atoms with Crippen molar-refractivity contribution in [1.29, 1.82) is 0 Å². The summed E-state index contributed by atoms with van der Waals surface area (Å²) in [5, 5.41) is 36.3. The number of hydrogen-bond acceptors (Lipinski definition) is 7. The summed E-state index contributed by atoms with van der Waals surface area (Å²) in [4.78, 5) is 32.8. The van der Waals surface area contributed by atoms with E-state index in [0.717, 1.165) is 12.1 Å². The van der Waals surface area contributed by atoms with Gasteiger partial charge in [-0.1, -0.05) is 37.3 Å². The van der Waals surface area contributed by atoms with Gasteiger partial charge in [0.1, 0.15) is 11.1 Å². The fraction of sp³-hybridized carbons (Fsp3) is 0.263. The molecule has 150 valence electrons. The molecule has 2 aromatic carbocycles. The Morgan fingerprint density at radius 1 is 1.17 bits per heavy atom. The van der Waals surface area contributed by atoms with Gasteiger partial charge in [0.25, 0.3) is 5.69 Å². The third kappa shape index (κ3) is 3.51. The Labute approximate surface area is 165 Å². The number of nitro benzene ring substituents is 2. The first-order valence-electron chi connectivity index (χ1n) is 8.81. The molecule has 2 unspecified atom stereocenters. The van der Waals surface area contributed by atoms with Crippen LogP contribution in [0.25, 0.3) is 0 Å². The van der Waals surface area contributed by atoms with Crippen molar-refractivity contribution in [1.82, 2.24) is 0 Å². The lowest BCUT2D eigenvalue weighted by Crippen LogP contribution is -2.39. The van der Waals surface area contributed by atoms with Crippen molar-refractivity contribution in [2.24, 2.45) is 11.0 Å². The van der Waals surface area contributed by atoms with E-state index in [4.69, 9.17) is 0 Å². The second-order valence-electron chi connectivity index (χ2n) is 6.79. The Hall–Kier alpha value is -3.82. The van der Waals surface area contributed by atoms with Crippen molar-refractivity contribution in [2.45, 2.75) is 25.2 Å². The monoisotopic (exact) mass is 398 g/mol. The van der Waals surface area contributed by atoms with E-state index >= 15 is 0 Å². The predicted octanol–water partition coefficient (Wildman–Crippen LogP) is 3.72. The van der Waals surface area contributed by atoms with Crippen LogP contribution in [-0.2, 0) is 10.2 Å². The molecule has 3 rings (SSSR count). The molecule has 1 saturated carbocycles. The van der Waals surface area contributed by atoms with E-state index in [9.17, 15) is 30.1 Å². The van der Waals surface area contributed by atoms with Crippen LogP contribution in [-0.4, -0.2) is 26.6 Å². The number of nitrogens with zero attached hydrogens (tertiary/aromatic N) is 3. The molecule has 29 heavy (non-hydrogen) atoms. The Bertz CT molecular complexity index is 1010. The largest absolute Gasteiger partial charge is 0.481 e. The van der Waals surface area contributed by atoms with Gasteiger partial charge >= 0.3 is 11.7 Å². The molecular formula is C19H18N4O6. The van der Waals surface area contributed by atoms with Gasteiger partial charge in [-0.3, -0.25) is 30.4 Å². The average molecular weight is 398 g/mol. The Morgan fingerprint density at radius 2 is 1.86 bits per heavy atom. The minimum absolute atomic E-state index is 0.00663. The first-order valence-corrected chi connectivity index (χ1v) is 8.81. The molecule has 0 aromatic heterocycles. The van der Waals surface area contributed by atoms with E-state index < -0.39 is 38.5 Å². The van der Waals surface area contributed by atoms with E-state index in [0.29, 0.717) is 24.1 Å². The van der Waals surface area contributed by atoms with Gasteiger partial charge in [0.2, 0.25) is 0 Å². The number of nitro groups is 2. The molecule has 0 spiro atoms.